The van der Waals surface area contributed by atoms with E-state index < -0.39 is 5.91 Å². The number of fused-ring (bicyclic) bond motifs is 1. The average Bonchev–Trinajstić information content (AvgIpc) is 2.82. The summed E-state index contributed by atoms with van der Waals surface area (Å²) < 4.78 is 0. The third kappa shape index (κ3) is 2.21. The summed E-state index contributed by atoms with van der Waals surface area (Å²) in [7, 11) is 0. The van der Waals surface area contributed by atoms with Crippen LogP contribution in [0.5, 0.6) is 0 Å². The molecule has 1 amide bonds. The Morgan fingerprint density at radius 1 is 1.37 bits per heavy atom. The van der Waals surface area contributed by atoms with Crippen LogP contribution in [0.15, 0.2) is 18.2 Å². The number of hydrogen-bond acceptors (Lipinski definition) is 3. The number of imidazole rings is 1. The number of aromatic amines is 1. The highest BCUT2D eigenvalue weighted by Gasteiger charge is 2.24. The van der Waals surface area contributed by atoms with E-state index >= 15 is 0 Å². The van der Waals surface area contributed by atoms with Gasteiger partial charge in [-0.3, -0.25) is 4.79 Å². The number of nitrogens with zero attached hydrogens (tertiary/aromatic N) is 1. The summed E-state index contributed by atoms with van der Waals surface area (Å²) in [6.45, 7) is 0. The van der Waals surface area contributed by atoms with Crippen molar-refractivity contribution in [3.8, 4) is 0 Å². The number of rotatable bonds is 2. The first-order valence-electron chi connectivity index (χ1n) is 6.69. The number of nitrogens with two attached hydrogens (primary N) is 2. The van der Waals surface area contributed by atoms with Gasteiger partial charge in [0, 0.05) is 12.0 Å². The van der Waals surface area contributed by atoms with Crippen LogP contribution in [0.4, 0.5) is 0 Å². The van der Waals surface area contributed by atoms with E-state index in [1.807, 2.05) is 6.07 Å². The van der Waals surface area contributed by atoms with Crippen LogP contribution < -0.4 is 11.5 Å². The molecule has 2 atom stereocenters. The number of carbonyl (C=O) groups is 1. The number of carbonyl (C=O) groups excluding carboxylic acids is 1. The SMILES string of the molecule is NC(=O)c1cccc2nc([C@H]3CCC[C@H](N)C3)[nH]c12. The molecule has 19 heavy (non-hydrogen) atoms. The van der Waals surface area contributed by atoms with Crippen LogP contribution in [-0.2, 0) is 0 Å². The molecule has 1 heterocycles. The molecule has 0 aliphatic heterocycles. The third-order valence-corrected chi connectivity index (χ3v) is 3.90. The topological polar surface area (TPSA) is 97.8 Å². The van der Waals surface area contributed by atoms with Gasteiger partial charge in [0.2, 0.25) is 0 Å². The van der Waals surface area contributed by atoms with Crippen molar-refractivity contribution >= 4 is 16.9 Å². The van der Waals surface area contributed by atoms with Gasteiger partial charge in [-0.2, -0.15) is 0 Å². The van der Waals surface area contributed by atoms with Crippen molar-refractivity contribution in [1.29, 1.82) is 0 Å². The second-order valence-electron chi connectivity index (χ2n) is 5.31. The molecule has 0 unspecified atom stereocenters. The van der Waals surface area contributed by atoms with Gasteiger partial charge in [0.25, 0.3) is 5.91 Å². The van der Waals surface area contributed by atoms with Crippen LogP contribution >= 0.6 is 0 Å². The van der Waals surface area contributed by atoms with Crippen molar-refractivity contribution in [2.75, 3.05) is 0 Å². The summed E-state index contributed by atoms with van der Waals surface area (Å²) in [5, 5.41) is 0. The van der Waals surface area contributed by atoms with Gasteiger partial charge in [0.1, 0.15) is 5.82 Å². The van der Waals surface area contributed by atoms with Gasteiger partial charge in [0.05, 0.1) is 16.6 Å². The highest BCUT2D eigenvalue weighted by atomic mass is 16.1. The Morgan fingerprint density at radius 3 is 2.95 bits per heavy atom. The molecular formula is C14H18N4O. The lowest BCUT2D eigenvalue weighted by molar-refractivity contribution is 0.100. The van der Waals surface area contributed by atoms with Crippen molar-refractivity contribution in [2.24, 2.45) is 11.5 Å². The van der Waals surface area contributed by atoms with Crippen LogP contribution in [0.2, 0.25) is 0 Å². The van der Waals surface area contributed by atoms with Gasteiger partial charge in [-0.25, -0.2) is 4.98 Å². The Bertz CT molecular complexity index is 619. The van der Waals surface area contributed by atoms with Crippen LogP contribution in [0.25, 0.3) is 11.0 Å². The molecule has 0 radical (unpaired) electrons. The van der Waals surface area contributed by atoms with E-state index in [2.05, 4.69) is 9.97 Å². The molecule has 5 N–H and O–H groups in total. The monoisotopic (exact) mass is 258 g/mol. The Balaban J connectivity index is 2.01. The molecule has 1 aromatic carbocycles. The molecule has 5 nitrogen and oxygen atoms in total. The van der Waals surface area contributed by atoms with Gasteiger partial charge in [-0.05, 0) is 31.4 Å². The summed E-state index contributed by atoms with van der Waals surface area (Å²) in [5.41, 5.74) is 13.4. The summed E-state index contributed by atoms with van der Waals surface area (Å²) in [6, 6.07) is 5.67. The van der Waals surface area contributed by atoms with Crippen molar-refractivity contribution in [3.63, 3.8) is 0 Å². The fraction of sp³-hybridized carbons (Fsp3) is 0.429. The molecule has 1 aliphatic carbocycles. The molecule has 1 saturated carbocycles. The molecular weight excluding hydrogens is 240 g/mol. The van der Waals surface area contributed by atoms with Crippen molar-refractivity contribution < 1.29 is 4.79 Å². The number of primary amides is 1. The molecule has 5 heteroatoms. The van der Waals surface area contributed by atoms with Gasteiger partial charge < -0.3 is 16.5 Å². The minimum Gasteiger partial charge on any atom is -0.366 e. The second kappa shape index (κ2) is 4.66. The predicted molar refractivity (Wildman–Crippen MR) is 73.8 cm³/mol. The minimum absolute atomic E-state index is 0.252. The number of benzene rings is 1. The summed E-state index contributed by atoms with van der Waals surface area (Å²) in [6.07, 6.45) is 4.26. The number of H-pyrrole nitrogens is 1. The number of amides is 1. The molecule has 1 aliphatic rings. The summed E-state index contributed by atoms with van der Waals surface area (Å²) in [4.78, 5) is 19.3. The van der Waals surface area contributed by atoms with Crippen molar-refractivity contribution in [2.45, 2.75) is 37.6 Å². The molecule has 0 saturated heterocycles. The zero-order chi connectivity index (χ0) is 13.4. The molecule has 0 bridgehead atoms. The fourth-order valence-electron chi connectivity index (χ4n) is 2.93. The lowest BCUT2D eigenvalue weighted by Crippen LogP contribution is -2.27. The molecule has 0 spiro atoms. The van der Waals surface area contributed by atoms with Crippen LogP contribution in [0, 0.1) is 0 Å². The Kier molecular flexibility index (Phi) is 2.98. The quantitative estimate of drug-likeness (QED) is 0.763. The van der Waals surface area contributed by atoms with Crippen LogP contribution in [-0.4, -0.2) is 21.9 Å². The first kappa shape index (κ1) is 12.2. The zero-order valence-corrected chi connectivity index (χ0v) is 10.7. The standard InChI is InChI=1S/C14H18N4O/c15-9-4-1-3-8(7-9)14-17-11-6-2-5-10(13(16)19)12(11)18-14/h2,5-6,8-9H,1,3-4,7,15H2,(H2,16,19)(H,17,18)/t8-,9-/m0/s1. The van der Waals surface area contributed by atoms with Gasteiger partial charge in [0.15, 0.2) is 0 Å². The summed E-state index contributed by atoms with van der Waals surface area (Å²) >= 11 is 0. The molecule has 1 fully saturated rings. The average molecular weight is 258 g/mol. The third-order valence-electron chi connectivity index (χ3n) is 3.90. The zero-order valence-electron chi connectivity index (χ0n) is 10.7. The largest absolute Gasteiger partial charge is 0.366 e. The highest BCUT2D eigenvalue weighted by Crippen LogP contribution is 2.32. The van der Waals surface area contributed by atoms with E-state index in [4.69, 9.17) is 11.5 Å². The smallest absolute Gasteiger partial charge is 0.250 e. The lowest BCUT2D eigenvalue weighted by atomic mass is 9.86. The highest BCUT2D eigenvalue weighted by molar-refractivity contribution is 6.04. The maximum absolute atomic E-state index is 11.4. The number of hydrogen-bond donors (Lipinski definition) is 3. The van der Waals surface area contributed by atoms with Gasteiger partial charge >= 0.3 is 0 Å². The van der Waals surface area contributed by atoms with E-state index in [1.165, 1.54) is 0 Å². The number of nitrogens with one attached hydrogen (secondary N) is 1. The molecule has 2 aromatic rings. The Hall–Kier alpha value is -1.88. The molecule has 1 aromatic heterocycles. The number of para-hydroxylation sites is 1. The van der Waals surface area contributed by atoms with Crippen molar-refractivity contribution in [1.82, 2.24) is 9.97 Å². The molecule has 3 rings (SSSR count). The first-order valence-corrected chi connectivity index (χ1v) is 6.69. The Labute approximate surface area is 111 Å². The van der Waals surface area contributed by atoms with E-state index in [1.54, 1.807) is 12.1 Å². The van der Waals surface area contributed by atoms with E-state index in [0.717, 1.165) is 42.5 Å². The van der Waals surface area contributed by atoms with E-state index in [-0.39, 0.29) is 6.04 Å². The number of aromatic nitrogens is 2. The lowest BCUT2D eigenvalue weighted by Gasteiger charge is -2.24. The minimum atomic E-state index is -0.429. The van der Waals surface area contributed by atoms with Crippen LogP contribution in [0.3, 0.4) is 0 Å². The van der Waals surface area contributed by atoms with Crippen molar-refractivity contribution in [3.05, 3.63) is 29.6 Å². The second-order valence-corrected chi connectivity index (χ2v) is 5.31. The Morgan fingerprint density at radius 2 is 2.21 bits per heavy atom. The van der Waals surface area contributed by atoms with Gasteiger partial charge in [-0.15, -0.1) is 0 Å². The van der Waals surface area contributed by atoms with Gasteiger partial charge in [-0.1, -0.05) is 12.5 Å². The maximum atomic E-state index is 11.4. The fourth-order valence-corrected chi connectivity index (χ4v) is 2.93. The first-order chi connectivity index (χ1) is 9.15. The molecule has 100 valence electrons. The summed E-state index contributed by atoms with van der Waals surface area (Å²) in [5.74, 6) is 0.858. The van der Waals surface area contributed by atoms with Crippen LogP contribution in [0.1, 0.15) is 47.8 Å². The normalized spacial score (nSPS) is 23.6. The van der Waals surface area contributed by atoms with E-state index in [9.17, 15) is 4.79 Å². The maximum Gasteiger partial charge on any atom is 0.250 e. The van der Waals surface area contributed by atoms with E-state index in [0.29, 0.717) is 11.5 Å². The predicted octanol–water partition coefficient (Wildman–Crippen LogP) is 1.65.